The maximum Gasteiger partial charge on any atom is 0.142 e. The van der Waals surface area contributed by atoms with E-state index in [4.69, 9.17) is 9.47 Å². The summed E-state index contributed by atoms with van der Waals surface area (Å²) < 4.78 is 11.2. The van der Waals surface area contributed by atoms with Gasteiger partial charge >= 0.3 is 0 Å². The molecule has 1 aliphatic rings. The van der Waals surface area contributed by atoms with Gasteiger partial charge < -0.3 is 14.8 Å². The van der Waals surface area contributed by atoms with Crippen LogP contribution < -0.4 is 10.1 Å². The zero-order valence-corrected chi connectivity index (χ0v) is 11.2. The molecular weight excluding hydrogens is 226 g/mol. The van der Waals surface area contributed by atoms with Crippen LogP contribution in [0.1, 0.15) is 26.2 Å². The summed E-state index contributed by atoms with van der Waals surface area (Å²) in [7, 11) is 0. The van der Waals surface area contributed by atoms with Crippen LogP contribution in [-0.2, 0) is 4.74 Å². The monoisotopic (exact) mass is 249 g/mol. The molecule has 1 aromatic carbocycles. The van der Waals surface area contributed by atoms with Gasteiger partial charge in [0.15, 0.2) is 0 Å². The molecular formula is C15H23NO2. The number of hydrogen-bond donors (Lipinski definition) is 1. The quantitative estimate of drug-likeness (QED) is 0.839. The van der Waals surface area contributed by atoms with Gasteiger partial charge in [0.2, 0.25) is 0 Å². The molecule has 1 saturated heterocycles. The lowest BCUT2D eigenvalue weighted by molar-refractivity contribution is 0.0595. The fraction of sp³-hybridized carbons (Fsp3) is 0.600. The summed E-state index contributed by atoms with van der Waals surface area (Å²) in [5, 5.41) is 3.49. The van der Waals surface area contributed by atoms with Gasteiger partial charge in [0, 0.05) is 13.2 Å². The highest BCUT2D eigenvalue weighted by Gasteiger charge is 2.14. The number of anilines is 1. The highest BCUT2D eigenvalue weighted by atomic mass is 16.5. The lowest BCUT2D eigenvalue weighted by atomic mass is 10.0. The lowest BCUT2D eigenvalue weighted by Gasteiger charge is -2.23. The van der Waals surface area contributed by atoms with Crippen LogP contribution in [0.5, 0.6) is 5.75 Å². The second-order valence-corrected chi connectivity index (χ2v) is 4.81. The summed E-state index contributed by atoms with van der Waals surface area (Å²) in [6.45, 7) is 5.66. The number of hydrogen-bond acceptors (Lipinski definition) is 3. The van der Waals surface area contributed by atoms with Crippen LogP contribution in [0, 0.1) is 5.92 Å². The largest absolute Gasteiger partial charge is 0.491 e. The summed E-state index contributed by atoms with van der Waals surface area (Å²) in [5.74, 6) is 1.58. The predicted octanol–water partition coefficient (Wildman–Crippen LogP) is 3.31. The highest BCUT2D eigenvalue weighted by Crippen LogP contribution is 2.25. The minimum atomic E-state index is 0.623. The Hall–Kier alpha value is -1.22. The van der Waals surface area contributed by atoms with Crippen molar-refractivity contribution in [1.82, 2.24) is 0 Å². The van der Waals surface area contributed by atoms with Crippen LogP contribution in [0.25, 0.3) is 0 Å². The minimum Gasteiger partial charge on any atom is -0.491 e. The summed E-state index contributed by atoms with van der Waals surface area (Å²) >= 11 is 0. The van der Waals surface area contributed by atoms with E-state index >= 15 is 0 Å². The van der Waals surface area contributed by atoms with Gasteiger partial charge in [-0.3, -0.25) is 0 Å². The van der Waals surface area contributed by atoms with Crippen molar-refractivity contribution < 1.29 is 9.47 Å². The third kappa shape index (κ3) is 3.91. The number of para-hydroxylation sites is 2. The molecule has 2 rings (SSSR count). The van der Waals surface area contributed by atoms with Gasteiger partial charge in [0.25, 0.3) is 0 Å². The Morgan fingerprint density at radius 3 is 3.06 bits per heavy atom. The van der Waals surface area contributed by atoms with E-state index < -0.39 is 0 Å². The number of ether oxygens (including phenoxy) is 2. The Balaban J connectivity index is 1.87. The SMILES string of the molecule is CCCOc1ccccc1NCC1CCCOC1. The third-order valence-electron chi connectivity index (χ3n) is 3.18. The Labute approximate surface area is 109 Å². The standard InChI is InChI=1S/C15H23NO2/c1-2-9-18-15-8-4-3-7-14(15)16-11-13-6-5-10-17-12-13/h3-4,7-8,13,16H,2,5-6,9-12H2,1H3. The Morgan fingerprint density at radius 2 is 2.28 bits per heavy atom. The average Bonchev–Trinajstić information content (AvgIpc) is 2.45. The van der Waals surface area contributed by atoms with Crippen LogP contribution in [0.2, 0.25) is 0 Å². The van der Waals surface area contributed by atoms with E-state index in [2.05, 4.69) is 18.3 Å². The van der Waals surface area contributed by atoms with E-state index in [0.717, 1.165) is 44.2 Å². The van der Waals surface area contributed by atoms with Crippen molar-refractivity contribution in [2.24, 2.45) is 5.92 Å². The predicted molar refractivity (Wildman–Crippen MR) is 74.3 cm³/mol. The van der Waals surface area contributed by atoms with E-state index in [1.54, 1.807) is 0 Å². The molecule has 1 fully saturated rings. The van der Waals surface area contributed by atoms with Gasteiger partial charge in [-0.05, 0) is 37.3 Å². The van der Waals surface area contributed by atoms with E-state index in [1.165, 1.54) is 12.8 Å². The zero-order valence-electron chi connectivity index (χ0n) is 11.2. The summed E-state index contributed by atoms with van der Waals surface area (Å²) in [6, 6.07) is 8.16. The molecule has 0 radical (unpaired) electrons. The molecule has 0 spiro atoms. The Kier molecular flexibility index (Phi) is 5.34. The van der Waals surface area contributed by atoms with Crippen molar-refractivity contribution in [3.05, 3.63) is 24.3 Å². The lowest BCUT2D eigenvalue weighted by Crippen LogP contribution is -2.24. The molecule has 3 nitrogen and oxygen atoms in total. The van der Waals surface area contributed by atoms with E-state index in [0.29, 0.717) is 5.92 Å². The van der Waals surface area contributed by atoms with Gasteiger partial charge in [0.05, 0.1) is 18.9 Å². The zero-order chi connectivity index (χ0) is 12.6. The fourth-order valence-electron chi connectivity index (χ4n) is 2.17. The molecule has 18 heavy (non-hydrogen) atoms. The molecule has 0 aliphatic carbocycles. The smallest absolute Gasteiger partial charge is 0.142 e. The molecule has 1 atom stereocenters. The second kappa shape index (κ2) is 7.27. The molecule has 3 heteroatoms. The van der Waals surface area contributed by atoms with E-state index in [1.807, 2.05) is 18.2 Å². The van der Waals surface area contributed by atoms with Crippen molar-refractivity contribution in [1.29, 1.82) is 0 Å². The van der Waals surface area contributed by atoms with Crippen molar-refractivity contribution in [3.63, 3.8) is 0 Å². The molecule has 1 N–H and O–H groups in total. The molecule has 100 valence electrons. The van der Waals surface area contributed by atoms with Crippen LogP contribution in [0.15, 0.2) is 24.3 Å². The van der Waals surface area contributed by atoms with Gasteiger partial charge in [-0.15, -0.1) is 0 Å². The maximum atomic E-state index is 5.73. The molecule has 1 unspecified atom stereocenters. The summed E-state index contributed by atoms with van der Waals surface area (Å²) in [4.78, 5) is 0. The van der Waals surface area contributed by atoms with Gasteiger partial charge in [-0.1, -0.05) is 19.1 Å². The van der Waals surface area contributed by atoms with Gasteiger partial charge in [0.1, 0.15) is 5.75 Å². The molecule has 1 aliphatic heterocycles. The number of nitrogens with one attached hydrogen (secondary N) is 1. The van der Waals surface area contributed by atoms with Crippen molar-refractivity contribution >= 4 is 5.69 Å². The number of benzene rings is 1. The average molecular weight is 249 g/mol. The molecule has 0 aromatic heterocycles. The summed E-state index contributed by atoms with van der Waals surface area (Å²) in [6.07, 6.45) is 3.47. The molecule has 1 aromatic rings. The second-order valence-electron chi connectivity index (χ2n) is 4.81. The van der Waals surface area contributed by atoms with E-state index in [9.17, 15) is 0 Å². The van der Waals surface area contributed by atoms with Crippen LogP contribution in [-0.4, -0.2) is 26.4 Å². The first-order valence-electron chi connectivity index (χ1n) is 6.93. The van der Waals surface area contributed by atoms with Gasteiger partial charge in [-0.25, -0.2) is 0 Å². The summed E-state index contributed by atoms with van der Waals surface area (Å²) in [5.41, 5.74) is 1.09. The third-order valence-corrected chi connectivity index (χ3v) is 3.18. The maximum absolute atomic E-state index is 5.73. The Bertz CT molecular complexity index is 348. The molecule has 0 amide bonds. The first kappa shape index (κ1) is 13.2. The van der Waals surface area contributed by atoms with Crippen LogP contribution >= 0.6 is 0 Å². The fourth-order valence-corrected chi connectivity index (χ4v) is 2.17. The van der Waals surface area contributed by atoms with Crippen LogP contribution in [0.4, 0.5) is 5.69 Å². The van der Waals surface area contributed by atoms with Crippen LogP contribution in [0.3, 0.4) is 0 Å². The van der Waals surface area contributed by atoms with Crippen molar-refractivity contribution in [3.8, 4) is 5.75 Å². The molecule has 0 saturated carbocycles. The Morgan fingerprint density at radius 1 is 1.39 bits per heavy atom. The minimum absolute atomic E-state index is 0.623. The molecule has 0 bridgehead atoms. The normalized spacial score (nSPS) is 19.5. The first-order valence-corrected chi connectivity index (χ1v) is 6.93. The first-order chi connectivity index (χ1) is 8.90. The van der Waals surface area contributed by atoms with E-state index in [-0.39, 0.29) is 0 Å². The van der Waals surface area contributed by atoms with Crippen molar-refractivity contribution in [2.75, 3.05) is 31.7 Å². The number of rotatable bonds is 6. The topological polar surface area (TPSA) is 30.5 Å². The van der Waals surface area contributed by atoms with Crippen molar-refractivity contribution in [2.45, 2.75) is 26.2 Å². The van der Waals surface area contributed by atoms with Gasteiger partial charge in [-0.2, -0.15) is 0 Å². The molecule has 1 heterocycles. The highest BCUT2D eigenvalue weighted by molar-refractivity contribution is 5.56.